The van der Waals surface area contributed by atoms with Crippen molar-refractivity contribution in [1.29, 1.82) is 0 Å². The van der Waals surface area contributed by atoms with Gasteiger partial charge in [0.15, 0.2) is 0 Å². The van der Waals surface area contributed by atoms with Gasteiger partial charge in [-0.3, -0.25) is 0 Å². The molecule has 138 valence electrons. The van der Waals surface area contributed by atoms with E-state index in [-0.39, 0.29) is 0 Å². The van der Waals surface area contributed by atoms with Crippen LogP contribution in [0.15, 0.2) is 48.5 Å². The fourth-order valence-electron chi connectivity index (χ4n) is 3.05. The topological polar surface area (TPSA) is 61.4 Å². The summed E-state index contributed by atoms with van der Waals surface area (Å²) in [5, 5.41) is 17.5. The third kappa shape index (κ3) is 2.96. The van der Waals surface area contributed by atoms with Crippen molar-refractivity contribution in [3.05, 3.63) is 62.8 Å². The van der Waals surface area contributed by atoms with E-state index in [1.807, 2.05) is 57.9 Å². The molecule has 0 amide bonds. The van der Waals surface area contributed by atoms with Gasteiger partial charge in [0.05, 0.1) is 36.7 Å². The van der Waals surface area contributed by atoms with E-state index < -0.39 is 0 Å². The number of aromatic nitrogens is 6. The van der Waals surface area contributed by atoms with Gasteiger partial charge in [0.1, 0.15) is 11.0 Å². The summed E-state index contributed by atoms with van der Waals surface area (Å²) in [5.41, 5.74) is 5.82. The Bertz CT molecular complexity index is 1240. The van der Waals surface area contributed by atoms with Gasteiger partial charge in [-0.2, -0.15) is 0 Å². The Morgan fingerprint density at radius 2 is 0.893 bits per heavy atom. The largest absolute Gasteiger partial charge is 0.211 e. The lowest BCUT2D eigenvalue weighted by molar-refractivity contribution is 0.799. The second kappa shape index (κ2) is 7.57. The molecule has 0 radical (unpaired) electrons. The molecule has 5 rings (SSSR count). The third-order valence-electron chi connectivity index (χ3n) is 4.34. The van der Waals surface area contributed by atoms with E-state index in [4.69, 9.17) is 0 Å². The molecule has 0 aliphatic rings. The summed E-state index contributed by atoms with van der Waals surface area (Å²) in [6.45, 7) is 0. The minimum atomic E-state index is 0.880. The highest BCUT2D eigenvalue weighted by atomic mass is 127. The minimum absolute atomic E-state index is 0.880. The predicted octanol–water partition coefficient (Wildman–Crippen LogP) is 5.57. The molecule has 3 aromatic carbocycles. The lowest BCUT2D eigenvalue weighted by atomic mass is 10.2. The molecule has 0 unspecified atom stereocenters. The molecular formula is C18H8I4N6. The predicted molar refractivity (Wildman–Crippen MR) is 142 cm³/mol. The zero-order valence-corrected chi connectivity index (χ0v) is 22.4. The lowest BCUT2D eigenvalue weighted by Crippen LogP contribution is -2.12. The van der Waals surface area contributed by atoms with E-state index in [1.54, 1.807) is 0 Å². The molecule has 0 fully saturated rings. The summed E-state index contributed by atoms with van der Waals surface area (Å²) in [5.74, 6) is 0. The Morgan fingerprint density at radius 3 is 1.29 bits per heavy atom. The van der Waals surface area contributed by atoms with Gasteiger partial charge >= 0.3 is 0 Å². The Labute approximate surface area is 214 Å². The number of hydrogen-bond acceptors (Lipinski definition) is 4. The quantitative estimate of drug-likeness (QED) is 0.173. The van der Waals surface area contributed by atoms with E-state index in [1.165, 1.54) is 0 Å². The summed E-state index contributed by atoms with van der Waals surface area (Å²) in [6, 6.07) is 16.0. The van der Waals surface area contributed by atoms with E-state index in [9.17, 15) is 0 Å². The minimum Gasteiger partial charge on any atom is -0.211 e. The first-order valence-corrected chi connectivity index (χ1v) is 12.4. The number of para-hydroxylation sites is 2. The summed E-state index contributed by atoms with van der Waals surface area (Å²) in [6.07, 6.45) is 0. The van der Waals surface area contributed by atoms with Gasteiger partial charge < -0.3 is 0 Å². The summed E-state index contributed by atoms with van der Waals surface area (Å²) < 4.78 is 8.27. The van der Waals surface area contributed by atoms with Crippen molar-refractivity contribution in [3.63, 3.8) is 0 Å². The SMILES string of the molecule is Ic1c(I)c(-n2nnc3ccccc32)c(I)c(I)c1-n1nnc2ccccc21. The maximum Gasteiger partial charge on any atom is 0.113 e. The second-order valence-electron chi connectivity index (χ2n) is 5.93. The molecule has 0 atom stereocenters. The highest BCUT2D eigenvalue weighted by Crippen LogP contribution is 2.38. The zero-order chi connectivity index (χ0) is 19.4. The molecule has 2 heterocycles. The molecule has 0 spiro atoms. The summed E-state index contributed by atoms with van der Waals surface area (Å²) in [4.78, 5) is 0. The Hall–Kier alpha value is -0.620. The normalized spacial score (nSPS) is 11.6. The molecule has 28 heavy (non-hydrogen) atoms. The van der Waals surface area contributed by atoms with Crippen LogP contribution >= 0.6 is 90.4 Å². The molecule has 0 bridgehead atoms. The average molecular weight is 816 g/mol. The van der Waals surface area contributed by atoms with Crippen LogP contribution in [0.1, 0.15) is 0 Å². The Kier molecular flexibility index (Phi) is 5.23. The van der Waals surface area contributed by atoms with Crippen molar-refractivity contribution in [1.82, 2.24) is 30.0 Å². The van der Waals surface area contributed by atoms with Gasteiger partial charge in [-0.1, -0.05) is 34.7 Å². The molecule has 10 heteroatoms. The van der Waals surface area contributed by atoms with Crippen molar-refractivity contribution < 1.29 is 0 Å². The fraction of sp³-hybridized carbons (Fsp3) is 0. The number of rotatable bonds is 2. The van der Waals surface area contributed by atoms with Crippen LogP contribution < -0.4 is 0 Å². The van der Waals surface area contributed by atoms with E-state index >= 15 is 0 Å². The van der Waals surface area contributed by atoms with Crippen molar-refractivity contribution in [2.75, 3.05) is 0 Å². The first-order chi connectivity index (χ1) is 13.6. The van der Waals surface area contributed by atoms with Gasteiger partial charge in [0.2, 0.25) is 0 Å². The molecule has 0 aliphatic heterocycles. The summed E-state index contributed by atoms with van der Waals surface area (Å²) in [7, 11) is 0. The number of benzene rings is 3. The van der Waals surface area contributed by atoms with Gasteiger partial charge in [-0.25, -0.2) is 9.36 Å². The molecule has 5 aromatic rings. The number of nitrogens with zero attached hydrogens (tertiary/aromatic N) is 6. The van der Waals surface area contributed by atoms with Gasteiger partial charge in [0.25, 0.3) is 0 Å². The standard InChI is InChI=1S/C18H8I4N6/c19-13-15(21)18(28-12-8-4-2-6-10(12)24-26-28)16(22)14(20)17(13)27-11-7-3-1-5-9(11)23-25-27/h1-8H. The maximum absolute atomic E-state index is 4.43. The number of fused-ring (bicyclic) bond motifs is 2. The Balaban J connectivity index is 1.82. The molecule has 0 aliphatic carbocycles. The molecule has 0 saturated heterocycles. The van der Waals surface area contributed by atoms with Crippen LogP contribution in [0.3, 0.4) is 0 Å². The Morgan fingerprint density at radius 1 is 0.536 bits per heavy atom. The van der Waals surface area contributed by atoms with E-state index in [0.29, 0.717) is 0 Å². The maximum atomic E-state index is 4.43. The average Bonchev–Trinajstić information content (AvgIpc) is 3.32. The zero-order valence-electron chi connectivity index (χ0n) is 13.8. The highest BCUT2D eigenvalue weighted by Gasteiger charge is 2.24. The molecule has 2 aromatic heterocycles. The van der Waals surface area contributed by atoms with Crippen molar-refractivity contribution in [2.45, 2.75) is 0 Å². The first kappa shape index (κ1) is 19.3. The second-order valence-corrected chi connectivity index (χ2v) is 10.2. The smallest absolute Gasteiger partial charge is 0.113 e. The van der Waals surface area contributed by atoms with Crippen LogP contribution in [-0.2, 0) is 0 Å². The fourth-order valence-corrected chi connectivity index (χ4v) is 7.10. The van der Waals surface area contributed by atoms with Crippen LogP contribution in [0, 0.1) is 14.3 Å². The number of halogens is 4. The van der Waals surface area contributed by atoms with E-state index in [0.717, 1.165) is 47.7 Å². The van der Waals surface area contributed by atoms with Gasteiger partial charge in [-0.05, 0) is 115 Å². The molecule has 0 saturated carbocycles. The van der Waals surface area contributed by atoms with Crippen molar-refractivity contribution in [3.8, 4) is 11.4 Å². The summed E-state index contributed by atoms with van der Waals surface area (Å²) >= 11 is 9.56. The van der Waals surface area contributed by atoms with Crippen molar-refractivity contribution in [2.24, 2.45) is 0 Å². The highest BCUT2D eigenvalue weighted by molar-refractivity contribution is 14.1. The van der Waals surface area contributed by atoms with Crippen LogP contribution in [0.25, 0.3) is 33.4 Å². The van der Waals surface area contributed by atoms with Crippen molar-refractivity contribution >= 4 is 112 Å². The van der Waals surface area contributed by atoms with Crippen LogP contribution in [-0.4, -0.2) is 30.0 Å². The molecule has 6 nitrogen and oxygen atoms in total. The first-order valence-electron chi connectivity index (χ1n) is 8.05. The third-order valence-corrected chi connectivity index (χ3v) is 10.6. The van der Waals surface area contributed by atoms with Crippen LogP contribution in [0.4, 0.5) is 0 Å². The van der Waals surface area contributed by atoms with E-state index in [2.05, 4.69) is 111 Å². The van der Waals surface area contributed by atoms with Gasteiger partial charge in [-0.15, -0.1) is 10.2 Å². The van der Waals surface area contributed by atoms with Gasteiger partial charge in [0, 0.05) is 0 Å². The monoisotopic (exact) mass is 816 g/mol. The molecule has 0 N–H and O–H groups in total. The lowest BCUT2D eigenvalue weighted by Gasteiger charge is -2.17. The van der Waals surface area contributed by atoms with Crippen LogP contribution in [0.5, 0.6) is 0 Å². The number of hydrogen-bond donors (Lipinski definition) is 0. The molecular weight excluding hydrogens is 808 g/mol. The van der Waals surface area contributed by atoms with Crippen LogP contribution in [0.2, 0.25) is 0 Å².